The zero-order valence-corrected chi connectivity index (χ0v) is 17.2. The summed E-state index contributed by atoms with van der Waals surface area (Å²) in [6.07, 6.45) is -5.88. The van der Waals surface area contributed by atoms with E-state index in [-0.39, 0.29) is 34.3 Å². The number of ether oxygens (including phenoxy) is 2. The highest BCUT2D eigenvalue weighted by atomic mass is 35.5. The van der Waals surface area contributed by atoms with Crippen molar-refractivity contribution in [1.82, 2.24) is 5.01 Å². The average Bonchev–Trinajstić information content (AvgIpc) is 3.19. The number of benzene rings is 1. The molecular formula is C18H17ClF3N3O7. The zero-order chi connectivity index (χ0) is 23.6. The van der Waals surface area contributed by atoms with Gasteiger partial charge in [-0.1, -0.05) is 11.6 Å². The van der Waals surface area contributed by atoms with Crippen molar-refractivity contribution in [3.05, 3.63) is 39.1 Å². The molecule has 2 heterocycles. The number of hydrazine groups is 1. The quantitative estimate of drug-likeness (QED) is 0.165. The maximum atomic E-state index is 13.5. The van der Waals surface area contributed by atoms with Crippen LogP contribution < -0.4 is 4.74 Å². The molecule has 0 unspecified atom stereocenters. The Hall–Kier alpha value is -3.22. The van der Waals surface area contributed by atoms with Gasteiger partial charge in [-0.15, -0.1) is 5.01 Å². The maximum absolute atomic E-state index is 13.5. The van der Waals surface area contributed by atoms with Gasteiger partial charge in [0.2, 0.25) is 11.4 Å². The highest BCUT2D eigenvalue weighted by Crippen LogP contribution is 2.40. The van der Waals surface area contributed by atoms with Crippen LogP contribution in [0, 0.1) is 12.1 Å². The minimum Gasteiger partial charge on any atom is -0.569 e. The summed E-state index contributed by atoms with van der Waals surface area (Å²) in [7, 11) is 0. The summed E-state index contributed by atoms with van der Waals surface area (Å²) < 4.78 is 50.1. The van der Waals surface area contributed by atoms with E-state index < -0.39 is 42.6 Å². The molecule has 2 aliphatic heterocycles. The molecule has 1 aromatic rings. The third kappa shape index (κ3) is 4.98. The second-order valence-corrected chi connectivity index (χ2v) is 7.39. The standard InChI is InChI=1S/C18H17ClF3N3O7/c1-9-5-11(19)6-10-7-12(15(18(20,21)22)32-14(9)10)17(28)30-8-31-23-25(29)24-4-2-3-13(24)16(26)27/h5-7,13,15H,2-4,8H2,1H3,(H,26,27)/b25-23-/t13-,15-/m0/s1. The van der Waals surface area contributed by atoms with E-state index in [1.54, 1.807) is 0 Å². The topological polar surface area (TPSA) is 124 Å². The number of alkyl halides is 3. The number of carboxylic acid groups (broad SMARTS) is 1. The van der Waals surface area contributed by atoms with Crippen LogP contribution >= 0.6 is 11.6 Å². The molecule has 0 spiro atoms. The molecule has 174 valence electrons. The van der Waals surface area contributed by atoms with Crippen LogP contribution in [0.3, 0.4) is 0 Å². The molecule has 0 aromatic heterocycles. The summed E-state index contributed by atoms with van der Waals surface area (Å²) in [5, 5.41) is 25.1. The predicted molar refractivity (Wildman–Crippen MR) is 100 cm³/mol. The van der Waals surface area contributed by atoms with Gasteiger partial charge in [-0.05, 0) is 43.5 Å². The fraction of sp³-hybridized carbons (Fsp3) is 0.444. The van der Waals surface area contributed by atoms with Crippen LogP contribution in [0.25, 0.3) is 6.08 Å². The van der Waals surface area contributed by atoms with Gasteiger partial charge in [0.25, 0.3) is 6.79 Å². The Morgan fingerprint density at radius 2 is 2.16 bits per heavy atom. The van der Waals surface area contributed by atoms with Gasteiger partial charge in [-0.2, -0.15) is 13.2 Å². The second-order valence-electron chi connectivity index (χ2n) is 6.95. The maximum Gasteiger partial charge on any atom is 0.430 e. The molecule has 1 saturated heterocycles. The SMILES string of the molecule is Cc1cc(Cl)cc2c1O[C@H](C(F)(F)F)C(C(=O)OCO/N=[N+](\[O-])N1CCC[C@H]1C(=O)O)=C2. The van der Waals surface area contributed by atoms with E-state index in [4.69, 9.17) is 21.4 Å². The van der Waals surface area contributed by atoms with Gasteiger partial charge >= 0.3 is 18.1 Å². The molecule has 14 heteroatoms. The minimum absolute atomic E-state index is 0.0693. The average molecular weight is 480 g/mol. The van der Waals surface area contributed by atoms with E-state index in [1.807, 2.05) is 0 Å². The van der Waals surface area contributed by atoms with Crippen molar-refractivity contribution in [1.29, 1.82) is 0 Å². The Morgan fingerprint density at radius 3 is 2.81 bits per heavy atom. The Labute approximate surface area is 183 Å². The minimum atomic E-state index is -4.92. The summed E-state index contributed by atoms with van der Waals surface area (Å²) in [5.41, 5.74) is -0.336. The molecule has 0 amide bonds. The lowest BCUT2D eigenvalue weighted by Crippen LogP contribution is -2.41. The number of aliphatic carboxylic acids is 1. The normalized spacial score (nSPS) is 20.8. The first kappa shape index (κ1) is 23.4. The number of hydrogen-bond donors (Lipinski definition) is 1. The van der Waals surface area contributed by atoms with Crippen LogP contribution in [0.15, 0.2) is 23.0 Å². The number of halogens is 4. The van der Waals surface area contributed by atoms with Gasteiger partial charge in [0.15, 0.2) is 6.04 Å². The van der Waals surface area contributed by atoms with Crippen LogP contribution in [0.1, 0.15) is 24.0 Å². The van der Waals surface area contributed by atoms with Crippen LogP contribution in [0.2, 0.25) is 5.02 Å². The first-order chi connectivity index (χ1) is 15.0. The Bertz CT molecular complexity index is 983. The largest absolute Gasteiger partial charge is 0.569 e. The number of carbonyl (C=O) groups is 2. The van der Waals surface area contributed by atoms with Crippen molar-refractivity contribution < 1.29 is 47.1 Å². The first-order valence-electron chi connectivity index (χ1n) is 9.20. The van der Waals surface area contributed by atoms with E-state index in [9.17, 15) is 28.0 Å². The number of fused-ring (bicyclic) bond motifs is 1. The Kier molecular flexibility index (Phi) is 6.67. The molecule has 0 bridgehead atoms. The van der Waals surface area contributed by atoms with Crippen LogP contribution in [-0.4, -0.2) is 58.7 Å². The third-order valence-electron chi connectivity index (χ3n) is 4.73. The number of nitrogens with zero attached hydrogens (tertiary/aromatic N) is 3. The number of carboxylic acids is 1. The Balaban J connectivity index is 1.70. The zero-order valence-electron chi connectivity index (χ0n) is 16.5. The molecule has 32 heavy (non-hydrogen) atoms. The number of esters is 1. The first-order valence-corrected chi connectivity index (χ1v) is 9.58. The fourth-order valence-electron chi connectivity index (χ4n) is 3.35. The number of hydrogen-bond acceptors (Lipinski definition) is 7. The van der Waals surface area contributed by atoms with Crippen molar-refractivity contribution >= 4 is 29.6 Å². The summed E-state index contributed by atoms with van der Waals surface area (Å²) in [6.45, 7) is 0.632. The summed E-state index contributed by atoms with van der Waals surface area (Å²) in [6, 6.07) is 1.67. The van der Waals surface area contributed by atoms with E-state index in [2.05, 4.69) is 14.9 Å². The van der Waals surface area contributed by atoms with Crippen molar-refractivity contribution in [2.24, 2.45) is 5.28 Å². The van der Waals surface area contributed by atoms with Crippen LogP contribution in [-0.2, 0) is 19.2 Å². The molecule has 0 aliphatic carbocycles. The van der Waals surface area contributed by atoms with Crippen LogP contribution in [0.4, 0.5) is 13.2 Å². The summed E-state index contributed by atoms with van der Waals surface area (Å²) >= 11 is 5.92. The van der Waals surface area contributed by atoms with E-state index in [0.29, 0.717) is 12.0 Å². The molecule has 0 radical (unpaired) electrons. The van der Waals surface area contributed by atoms with E-state index in [0.717, 1.165) is 11.1 Å². The van der Waals surface area contributed by atoms with Gasteiger partial charge in [-0.3, -0.25) is 0 Å². The Morgan fingerprint density at radius 1 is 1.44 bits per heavy atom. The van der Waals surface area contributed by atoms with E-state index >= 15 is 0 Å². The van der Waals surface area contributed by atoms with Crippen molar-refractivity contribution in [3.63, 3.8) is 0 Å². The molecule has 2 aliphatic rings. The lowest BCUT2D eigenvalue weighted by molar-refractivity contribution is -0.712. The third-order valence-corrected chi connectivity index (χ3v) is 4.95. The smallest absolute Gasteiger partial charge is 0.430 e. The highest BCUT2D eigenvalue weighted by Gasteiger charge is 2.49. The lowest BCUT2D eigenvalue weighted by Gasteiger charge is -2.28. The molecule has 2 atom stereocenters. The lowest BCUT2D eigenvalue weighted by atomic mass is 9.99. The van der Waals surface area contributed by atoms with E-state index in [1.165, 1.54) is 19.1 Å². The number of rotatable bonds is 6. The van der Waals surface area contributed by atoms with Crippen molar-refractivity contribution in [2.45, 2.75) is 38.1 Å². The monoisotopic (exact) mass is 479 g/mol. The number of carbonyl (C=O) groups excluding carboxylic acids is 1. The molecule has 1 fully saturated rings. The van der Waals surface area contributed by atoms with Gasteiger partial charge in [0.05, 0.1) is 17.1 Å². The van der Waals surface area contributed by atoms with Gasteiger partial charge in [-0.25, -0.2) is 9.59 Å². The summed E-state index contributed by atoms with van der Waals surface area (Å²) in [4.78, 5) is 27.8. The molecule has 1 N–H and O–H groups in total. The molecule has 0 saturated carbocycles. The second kappa shape index (κ2) is 9.10. The fourth-order valence-corrected chi connectivity index (χ4v) is 3.63. The predicted octanol–water partition coefficient (Wildman–Crippen LogP) is 3.21. The molecule has 1 aromatic carbocycles. The summed E-state index contributed by atoms with van der Waals surface area (Å²) in [5.74, 6) is -2.70. The van der Waals surface area contributed by atoms with Crippen LogP contribution in [0.5, 0.6) is 5.75 Å². The highest BCUT2D eigenvalue weighted by molar-refractivity contribution is 6.30. The van der Waals surface area contributed by atoms with Gasteiger partial charge < -0.3 is 24.6 Å². The molecule has 3 rings (SSSR count). The number of aryl methyl sites for hydroxylation is 1. The molecule has 10 nitrogen and oxygen atoms in total. The van der Waals surface area contributed by atoms with Crippen molar-refractivity contribution in [3.8, 4) is 5.75 Å². The van der Waals surface area contributed by atoms with Gasteiger partial charge in [0.1, 0.15) is 5.75 Å². The van der Waals surface area contributed by atoms with Crippen molar-refractivity contribution in [2.75, 3.05) is 13.3 Å². The molecular weight excluding hydrogens is 463 g/mol. The van der Waals surface area contributed by atoms with Gasteiger partial charge in [0, 0.05) is 10.6 Å².